The van der Waals surface area contributed by atoms with Crippen molar-refractivity contribution in [2.45, 2.75) is 142 Å². The summed E-state index contributed by atoms with van der Waals surface area (Å²) in [4.78, 5) is 24.2. The lowest BCUT2D eigenvalue weighted by molar-refractivity contribution is -0.936. The van der Waals surface area contributed by atoms with Gasteiger partial charge in [0, 0.05) is 0 Å². The number of hydrogen-bond donors (Lipinski definition) is 2. The molecule has 0 aliphatic rings. The molecule has 0 fully saturated rings. The highest BCUT2D eigenvalue weighted by atomic mass is 16.4. The van der Waals surface area contributed by atoms with Gasteiger partial charge in [-0.1, -0.05) is 97.8 Å². The molecule has 0 unspecified atom stereocenters. The Balaban J connectivity index is 5.21. The number of quaternary nitrogens is 1. The van der Waals surface area contributed by atoms with E-state index in [-0.39, 0.29) is 4.48 Å². The van der Waals surface area contributed by atoms with Crippen LogP contribution in [-0.2, 0) is 9.59 Å². The van der Waals surface area contributed by atoms with Crippen LogP contribution in [0.4, 0.5) is 0 Å². The monoisotopic (exact) mass is 456 g/mol. The molecule has 32 heavy (non-hydrogen) atoms. The lowest BCUT2D eigenvalue weighted by Crippen LogP contribution is -2.63. The van der Waals surface area contributed by atoms with Crippen LogP contribution in [0, 0.1) is 0 Å². The van der Waals surface area contributed by atoms with Crippen molar-refractivity contribution in [1.29, 1.82) is 0 Å². The van der Waals surface area contributed by atoms with Crippen molar-refractivity contribution in [3.63, 3.8) is 0 Å². The summed E-state index contributed by atoms with van der Waals surface area (Å²) in [5.74, 6) is -2.33. The molecule has 190 valence electrons. The number of carboxylic acid groups (broad SMARTS) is 2. The summed E-state index contributed by atoms with van der Waals surface area (Å²) in [6, 6.07) is -1.34. The minimum absolute atomic E-state index is 0.236. The maximum Gasteiger partial charge on any atom is 0.374 e. The van der Waals surface area contributed by atoms with E-state index in [1.807, 2.05) is 0 Å². The molecule has 0 aromatic heterocycles. The number of hydrogen-bond acceptors (Lipinski definition) is 2. The molecule has 0 amide bonds. The van der Waals surface area contributed by atoms with Crippen molar-refractivity contribution in [3.8, 4) is 0 Å². The normalized spacial score (nSPS) is 11.9. The quantitative estimate of drug-likeness (QED) is 0.0900. The Hall–Kier alpha value is -1.10. The van der Waals surface area contributed by atoms with E-state index in [9.17, 15) is 19.8 Å². The third-order valence-electron chi connectivity index (χ3n) is 6.89. The van der Waals surface area contributed by atoms with Crippen LogP contribution in [0.2, 0.25) is 0 Å². The average Bonchev–Trinajstić information content (AvgIpc) is 2.75. The van der Waals surface area contributed by atoms with Gasteiger partial charge in [-0.3, -0.25) is 0 Å². The van der Waals surface area contributed by atoms with Gasteiger partial charge in [0.05, 0.1) is 19.6 Å². The SMILES string of the molecule is CCCCCCCC[N+](CCCCCCCC)(CCCCCCCC)C(C(=O)O)C(=O)O. The summed E-state index contributed by atoms with van der Waals surface area (Å²) in [7, 11) is 0. The second kappa shape index (κ2) is 20.5. The van der Waals surface area contributed by atoms with E-state index < -0.39 is 18.0 Å². The Bertz CT molecular complexity index is 412. The van der Waals surface area contributed by atoms with Crippen LogP contribution in [0.15, 0.2) is 0 Å². The lowest BCUT2D eigenvalue weighted by Gasteiger charge is -2.41. The summed E-state index contributed by atoms with van der Waals surface area (Å²) in [6.45, 7) is 8.64. The molecule has 0 aliphatic carbocycles. The van der Waals surface area contributed by atoms with Crippen molar-refractivity contribution < 1.29 is 24.3 Å². The summed E-state index contributed by atoms with van der Waals surface area (Å²) in [5.41, 5.74) is 0. The van der Waals surface area contributed by atoms with Crippen molar-refractivity contribution >= 4 is 11.9 Å². The van der Waals surface area contributed by atoms with Crippen LogP contribution in [-0.4, -0.2) is 52.3 Å². The maximum atomic E-state index is 12.1. The first-order valence-corrected chi connectivity index (χ1v) is 13.8. The fraction of sp³-hybridized carbons (Fsp3) is 0.926. The van der Waals surface area contributed by atoms with Crippen LogP contribution in [0.3, 0.4) is 0 Å². The Kier molecular flexibility index (Phi) is 19.8. The number of carboxylic acids is 2. The third kappa shape index (κ3) is 14.1. The summed E-state index contributed by atoms with van der Waals surface area (Å²) in [5, 5.41) is 19.8. The second-order valence-corrected chi connectivity index (χ2v) is 9.77. The van der Waals surface area contributed by atoms with E-state index in [4.69, 9.17) is 0 Å². The average molecular weight is 457 g/mol. The molecule has 0 atom stereocenters. The molecule has 0 bridgehead atoms. The van der Waals surface area contributed by atoms with Gasteiger partial charge in [-0.05, 0) is 38.5 Å². The predicted molar refractivity (Wildman–Crippen MR) is 134 cm³/mol. The van der Waals surface area contributed by atoms with Crippen LogP contribution in [0.5, 0.6) is 0 Å². The number of unbranched alkanes of at least 4 members (excludes halogenated alkanes) is 15. The zero-order chi connectivity index (χ0) is 24.1. The number of aliphatic carboxylic acids is 2. The van der Waals surface area contributed by atoms with Gasteiger partial charge in [-0.25, -0.2) is 9.59 Å². The largest absolute Gasteiger partial charge is 0.476 e. The molecule has 5 nitrogen and oxygen atoms in total. The Morgan fingerprint density at radius 3 is 1.00 bits per heavy atom. The molecule has 0 saturated heterocycles. The van der Waals surface area contributed by atoms with Gasteiger partial charge >= 0.3 is 11.9 Å². The topological polar surface area (TPSA) is 74.6 Å². The van der Waals surface area contributed by atoms with E-state index >= 15 is 0 Å². The van der Waals surface area contributed by atoms with Gasteiger partial charge in [0.15, 0.2) is 0 Å². The molecular weight excluding hydrogens is 402 g/mol. The van der Waals surface area contributed by atoms with Gasteiger partial charge in [-0.15, -0.1) is 0 Å². The van der Waals surface area contributed by atoms with Crippen molar-refractivity contribution in [2.75, 3.05) is 19.6 Å². The minimum Gasteiger partial charge on any atom is -0.476 e. The first-order valence-electron chi connectivity index (χ1n) is 13.8. The standard InChI is InChI=1S/C27H53NO4/c1-4-7-10-13-16-19-22-28(25(26(29)30)27(31)32,23-20-17-14-11-8-5-2)24-21-18-15-12-9-6-3/h25H,4-24H2,1-3H3,(H-,29,30,31,32)/p+1. The number of rotatable bonds is 24. The van der Waals surface area contributed by atoms with Gasteiger partial charge in [0.2, 0.25) is 0 Å². The highest BCUT2D eigenvalue weighted by Crippen LogP contribution is 2.23. The van der Waals surface area contributed by atoms with Gasteiger partial charge in [0.1, 0.15) is 0 Å². The van der Waals surface area contributed by atoms with Crippen LogP contribution in [0.1, 0.15) is 136 Å². The molecule has 0 spiro atoms. The number of carbonyl (C=O) groups is 2. The molecule has 2 N–H and O–H groups in total. The van der Waals surface area contributed by atoms with E-state index in [2.05, 4.69) is 20.8 Å². The molecular formula is C27H54NO4+. The molecule has 0 aromatic rings. The highest BCUT2D eigenvalue weighted by Gasteiger charge is 2.46. The molecule has 0 aromatic carbocycles. The summed E-state index contributed by atoms with van der Waals surface area (Å²) in [6.07, 6.45) is 20.4. The third-order valence-corrected chi connectivity index (χ3v) is 6.89. The Morgan fingerprint density at radius 1 is 0.500 bits per heavy atom. The van der Waals surface area contributed by atoms with Crippen LogP contribution >= 0.6 is 0 Å². The van der Waals surface area contributed by atoms with Gasteiger partial charge in [0.25, 0.3) is 6.04 Å². The van der Waals surface area contributed by atoms with Gasteiger partial charge in [-0.2, -0.15) is 0 Å². The molecule has 0 heterocycles. The zero-order valence-electron chi connectivity index (χ0n) is 21.6. The number of nitrogens with zero attached hydrogens (tertiary/aromatic N) is 1. The van der Waals surface area contributed by atoms with Crippen LogP contribution < -0.4 is 0 Å². The smallest absolute Gasteiger partial charge is 0.374 e. The second-order valence-electron chi connectivity index (χ2n) is 9.77. The summed E-state index contributed by atoms with van der Waals surface area (Å²) >= 11 is 0. The first kappa shape index (κ1) is 30.9. The van der Waals surface area contributed by atoms with Crippen molar-refractivity contribution in [2.24, 2.45) is 0 Å². The molecule has 5 heteroatoms. The lowest BCUT2D eigenvalue weighted by atomic mass is 10.0. The Labute approximate surface area is 198 Å². The Morgan fingerprint density at radius 2 is 0.750 bits per heavy atom. The molecule has 0 rings (SSSR count). The van der Waals surface area contributed by atoms with Crippen molar-refractivity contribution in [3.05, 3.63) is 0 Å². The summed E-state index contributed by atoms with van der Waals surface area (Å²) < 4.78 is 0.236. The van der Waals surface area contributed by atoms with Crippen LogP contribution in [0.25, 0.3) is 0 Å². The molecule has 0 radical (unpaired) electrons. The minimum atomic E-state index is -1.34. The fourth-order valence-electron chi connectivity index (χ4n) is 4.92. The van der Waals surface area contributed by atoms with E-state index in [0.29, 0.717) is 19.6 Å². The maximum absolute atomic E-state index is 12.1. The van der Waals surface area contributed by atoms with E-state index in [1.165, 1.54) is 57.8 Å². The van der Waals surface area contributed by atoms with E-state index in [0.717, 1.165) is 57.8 Å². The van der Waals surface area contributed by atoms with E-state index in [1.54, 1.807) is 0 Å². The van der Waals surface area contributed by atoms with Crippen molar-refractivity contribution in [1.82, 2.24) is 0 Å². The van der Waals surface area contributed by atoms with Gasteiger partial charge < -0.3 is 14.7 Å². The predicted octanol–water partition coefficient (Wildman–Crippen LogP) is 7.42. The highest BCUT2D eigenvalue weighted by molar-refractivity contribution is 5.95. The zero-order valence-corrected chi connectivity index (χ0v) is 21.6. The molecule has 0 aliphatic heterocycles. The first-order chi connectivity index (χ1) is 15.4. The fourth-order valence-corrected chi connectivity index (χ4v) is 4.92. The molecule has 0 saturated carbocycles.